The van der Waals surface area contributed by atoms with Crippen LogP contribution in [0.3, 0.4) is 0 Å². The van der Waals surface area contributed by atoms with Crippen LogP contribution in [0.4, 0.5) is 0 Å². The summed E-state index contributed by atoms with van der Waals surface area (Å²) in [6.45, 7) is 14.7. The lowest BCUT2D eigenvalue weighted by molar-refractivity contribution is 0.433. The minimum absolute atomic E-state index is 0.144. The maximum atomic E-state index is 9.64. The number of aryl methyl sites for hydroxylation is 1. The van der Waals surface area contributed by atoms with Crippen LogP contribution in [0.15, 0.2) is 12.1 Å². The molecule has 0 heterocycles. The van der Waals surface area contributed by atoms with Crippen molar-refractivity contribution in [3.8, 4) is 11.5 Å². The molecular weight excluding hydrogens is 388 g/mol. The standard InChI is InChI=1S/C16H34S.C11H16O2/c1-4-6-7-8-9-10-11-12-13-14-15-17-16(3)5-2;1-7-5-10(13)8(6-9(7)12)11(2,3)4/h16H,4-15H2,1-3H3;5-6,12-13H,1-4H3. The molecule has 0 aliphatic heterocycles. The fourth-order valence-corrected chi connectivity index (χ4v) is 4.28. The third kappa shape index (κ3) is 14.2. The Balaban J connectivity index is 0.000000579. The molecule has 0 aromatic heterocycles. The maximum Gasteiger partial charge on any atom is 0.119 e. The number of unbranched alkanes of at least 4 members (excludes halogenated alkanes) is 9. The Morgan fingerprint density at radius 1 is 0.800 bits per heavy atom. The summed E-state index contributed by atoms with van der Waals surface area (Å²) in [7, 11) is 0. The first-order valence-electron chi connectivity index (χ1n) is 12.3. The zero-order chi connectivity index (χ0) is 23.0. The van der Waals surface area contributed by atoms with Crippen LogP contribution < -0.4 is 0 Å². The van der Waals surface area contributed by atoms with Gasteiger partial charge in [-0.3, -0.25) is 0 Å². The quantitative estimate of drug-likeness (QED) is 0.238. The van der Waals surface area contributed by atoms with E-state index >= 15 is 0 Å². The highest BCUT2D eigenvalue weighted by Gasteiger charge is 2.19. The number of rotatable bonds is 13. The second-order valence-electron chi connectivity index (χ2n) is 9.68. The Bertz CT molecular complexity index is 549. The van der Waals surface area contributed by atoms with Gasteiger partial charge in [-0.2, -0.15) is 11.8 Å². The number of phenols is 2. The molecular formula is C27H50O2S. The number of hydrogen-bond acceptors (Lipinski definition) is 3. The molecule has 1 aromatic rings. The second kappa shape index (κ2) is 16.8. The van der Waals surface area contributed by atoms with Gasteiger partial charge in [-0.15, -0.1) is 0 Å². The molecule has 1 rings (SSSR count). The molecule has 0 aliphatic rings. The number of hydrogen-bond donors (Lipinski definition) is 2. The summed E-state index contributed by atoms with van der Waals surface area (Å²) in [6, 6.07) is 3.22. The van der Waals surface area contributed by atoms with Gasteiger partial charge >= 0.3 is 0 Å². The number of phenolic OH excluding ortho intramolecular Hbond substituents is 2. The highest BCUT2D eigenvalue weighted by Crippen LogP contribution is 2.35. The van der Waals surface area contributed by atoms with E-state index in [9.17, 15) is 10.2 Å². The largest absolute Gasteiger partial charge is 0.508 e. The summed E-state index contributed by atoms with van der Waals surface area (Å²) in [5.41, 5.74) is 1.33. The average molecular weight is 439 g/mol. The molecule has 30 heavy (non-hydrogen) atoms. The van der Waals surface area contributed by atoms with Crippen LogP contribution in [0.5, 0.6) is 11.5 Å². The lowest BCUT2D eigenvalue weighted by atomic mass is 9.85. The molecule has 0 saturated carbocycles. The van der Waals surface area contributed by atoms with Gasteiger partial charge in [-0.05, 0) is 48.6 Å². The Morgan fingerprint density at radius 2 is 1.30 bits per heavy atom. The van der Waals surface area contributed by atoms with Gasteiger partial charge in [0.1, 0.15) is 11.5 Å². The molecule has 2 nitrogen and oxygen atoms in total. The first kappa shape index (κ1) is 29.2. The van der Waals surface area contributed by atoms with Crippen LogP contribution in [0, 0.1) is 6.92 Å². The third-order valence-electron chi connectivity index (χ3n) is 5.60. The van der Waals surface area contributed by atoms with Gasteiger partial charge in [0.15, 0.2) is 0 Å². The van der Waals surface area contributed by atoms with E-state index in [0.29, 0.717) is 5.56 Å². The molecule has 0 bridgehead atoms. The van der Waals surface area contributed by atoms with Crippen molar-refractivity contribution in [1.82, 2.24) is 0 Å². The minimum atomic E-state index is -0.144. The molecule has 0 spiro atoms. The van der Waals surface area contributed by atoms with Gasteiger partial charge in [0.2, 0.25) is 0 Å². The van der Waals surface area contributed by atoms with Crippen molar-refractivity contribution in [3.63, 3.8) is 0 Å². The highest BCUT2D eigenvalue weighted by molar-refractivity contribution is 7.99. The topological polar surface area (TPSA) is 40.5 Å². The maximum absolute atomic E-state index is 9.64. The van der Waals surface area contributed by atoms with Crippen LogP contribution in [0.25, 0.3) is 0 Å². The van der Waals surface area contributed by atoms with E-state index in [1.807, 2.05) is 20.8 Å². The smallest absolute Gasteiger partial charge is 0.119 e. The number of thioether (sulfide) groups is 1. The van der Waals surface area contributed by atoms with Gasteiger partial charge in [0.25, 0.3) is 0 Å². The van der Waals surface area contributed by atoms with E-state index in [4.69, 9.17) is 0 Å². The normalized spacial score (nSPS) is 12.4. The fraction of sp³-hybridized carbons (Fsp3) is 0.778. The highest BCUT2D eigenvalue weighted by atomic mass is 32.2. The van der Waals surface area contributed by atoms with Gasteiger partial charge in [0.05, 0.1) is 0 Å². The van der Waals surface area contributed by atoms with Crippen LogP contribution in [0.1, 0.15) is 123 Å². The molecule has 0 radical (unpaired) electrons. The second-order valence-corrected chi connectivity index (χ2v) is 11.2. The molecule has 1 atom stereocenters. The lowest BCUT2D eigenvalue weighted by Gasteiger charge is -2.21. The average Bonchev–Trinajstić information content (AvgIpc) is 2.68. The molecule has 0 aliphatic carbocycles. The van der Waals surface area contributed by atoms with Gasteiger partial charge < -0.3 is 10.2 Å². The molecule has 0 fully saturated rings. The Hall–Kier alpha value is -0.830. The van der Waals surface area contributed by atoms with Gasteiger partial charge in [-0.25, -0.2) is 0 Å². The monoisotopic (exact) mass is 438 g/mol. The van der Waals surface area contributed by atoms with Crippen molar-refractivity contribution in [1.29, 1.82) is 0 Å². The van der Waals surface area contributed by atoms with Gasteiger partial charge in [0, 0.05) is 10.8 Å². The van der Waals surface area contributed by atoms with E-state index in [-0.39, 0.29) is 16.9 Å². The molecule has 3 heteroatoms. The summed E-state index contributed by atoms with van der Waals surface area (Å²) >= 11 is 2.15. The van der Waals surface area contributed by atoms with Crippen molar-refractivity contribution < 1.29 is 10.2 Å². The SMILES string of the molecule is CCCCCCCCCCCCSC(C)CC.Cc1cc(O)c(C(C)(C)C)cc1O. The molecule has 1 aromatic carbocycles. The Kier molecular flexibility index (Phi) is 16.3. The molecule has 0 saturated heterocycles. The summed E-state index contributed by atoms with van der Waals surface area (Å²) in [5.74, 6) is 1.87. The summed E-state index contributed by atoms with van der Waals surface area (Å²) < 4.78 is 0. The lowest BCUT2D eigenvalue weighted by Crippen LogP contribution is -2.11. The van der Waals surface area contributed by atoms with Gasteiger partial charge in [-0.1, -0.05) is 99.3 Å². The zero-order valence-electron chi connectivity index (χ0n) is 21.0. The number of aromatic hydroxyl groups is 2. The van der Waals surface area contributed by atoms with E-state index < -0.39 is 0 Å². The molecule has 2 N–H and O–H groups in total. The zero-order valence-corrected chi connectivity index (χ0v) is 21.8. The predicted octanol–water partition coefficient (Wildman–Crippen LogP) is 9.14. The number of benzene rings is 1. The third-order valence-corrected chi connectivity index (χ3v) is 7.02. The minimum Gasteiger partial charge on any atom is -0.508 e. The fourth-order valence-electron chi connectivity index (χ4n) is 3.27. The molecule has 176 valence electrons. The summed E-state index contributed by atoms with van der Waals surface area (Å²) in [4.78, 5) is 0. The molecule has 1 unspecified atom stereocenters. The van der Waals surface area contributed by atoms with Crippen molar-refractivity contribution in [3.05, 3.63) is 23.3 Å². The van der Waals surface area contributed by atoms with Crippen molar-refractivity contribution in [2.24, 2.45) is 0 Å². The van der Waals surface area contributed by atoms with Crippen LogP contribution >= 0.6 is 11.8 Å². The summed E-state index contributed by atoms with van der Waals surface area (Å²) in [5, 5.41) is 20.0. The van der Waals surface area contributed by atoms with E-state index in [0.717, 1.165) is 10.8 Å². The Labute approximate surface area is 192 Å². The van der Waals surface area contributed by atoms with Crippen molar-refractivity contribution in [2.45, 2.75) is 130 Å². The van der Waals surface area contributed by atoms with E-state index in [1.54, 1.807) is 19.1 Å². The van der Waals surface area contributed by atoms with E-state index in [1.165, 1.54) is 76.4 Å². The van der Waals surface area contributed by atoms with Crippen LogP contribution in [-0.2, 0) is 5.41 Å². The van der Waals surface area contributed by atoms with Crippen LogP contribution in [0.2, 0.25) is 0 Å². The van der Waals surface area contributed by atoms with E-state index in [2.05, 4.69) is 32.5 Å². The summed E-state index contributed by atoms with van der Waals surface area (Å²) in [6.07, 6.45) is 15.8. The van der Waals surface area contributed by atoms with Crippen molar-refractivity contribution >= 4 is 11.8 Å². The van der Waals surface area contributed by atoms with Crippen molar-refractivity contribution in [2.75, 3.05) is 5.75 Å². The Morgan fingerprint density at radius 3 is 1.77 bits per heavy atom. The molecule has 0 amide bonds. The first-order valence-corrected chi connectivity index (χ1v) is 13.3. The predicted molar refractivity (Wildman–Crippen MR) is 137 cm³/mol. The first-order chi connectivity index (χ1) is 14.1. The van der Waals surface area contributed by atoms with Crippen LogP contribution in [-0.4, -0.2) is 21.2 Å².